The third-order valence-electron chi connectivity index (χ3n) is 1.97. The van der Waals surface area contributed by atoms with Crippen LogP contribution in [0, 0.1) is 0 Å². The molecule has 0 aliphatic rings. The van der Waals surface area contributed by atoms with Crippen LogP contribution in [-0.2, 0) is 4.74 Å². The van der Waals surface area contributed by atoms with E-state index in [1.807, 2.05) is 0 Å². The maximum atomic E-state index is 11.5. The molecule has 18 heavy (non-hydrogen) atoms. The highest BCUT2D eigenvalue weighted by molar-refractivity contribution is 5.90. The van der Waals surface area contributed by atoms with Gasteiger partial charge in [-0.05, 0) is 12.1 Å². The molecule has 0 radical (unpaired) electrons. The fourth-order valence-electron chi connectivity index (χ4n) is 1.23. The predicted octanol–water partition coefficient (Wildman–Crippen LogP) is -0.0819. The number of ether oxygens (including phenoxy) is 1. The quantitative estimate of drug-likeness (QED) is 0.251. The first-order valence-electron chi connectivity index (χ1n) is 5.24. The topological polar surface area (TPSA) is 131 Å². The van der Waals surface area contributed by atoms with Crippen LogP contribution in [0.15, 0.2) is 23.2 Å². The lowest BCUT2D eigenvalue weighted by atomic mass is 10.2. The third-order valence-corrected chi connectivity index (χ3v) is 1.97. The van der Waals surface area contributed by atoms with Crippen LogP contribution in [0.1, 0.15) is 16.8 Å². The number of hydrogen-bond donors (Lipinski definition) is 4. The summed E-state index contributed by atoms with van der Waals surface area (Å²) in [5.41, 5.74) is 10.3. The number of guanidine groups is 1. The summed E-state index contributed by atoms with van der Waals surface area (Å²) in [6.45, 7) is 0.507. The third kappa shape index (κ3) is 4.60. The number of nitrogens with zero attached hydrogens (tertiary/aromatic N) is 1. The standard InChI is InChI=1S/C11H15N3O4/c12-11(13)14-2-1-3-18-10(17)7-4-8(15)6-9(16)5-7/h4-6,15-16H,1-3H2,(H4,12,13,14). The van der Waals surface area contributed by atoms with Gasteiger partial charge in [0.25, 0.3) is 0 Å². The van der Waals surface area contributed by atoms with Crippen LogP contribution in [0.4, 0.5) is 0 Å². The molecule has 0 saturated carbocycles. The van der Waals surface area contributed by atoms with Crippen molar-refractivity contribution >= 4 is 11.9 Å². The van der Waals surface area contributed by atoms with Crippen molar-refractivity contribution in [2.24, 2.45) is 16.5 Å². The predicted molar refractivity (Wildman–Crippen MR) is 65.3 cm³/mol. The molecule has 1 aromatic carbocycles. The second kappa shape index (κ2) is 6.33. The Kier molecular flexibility index (Phi) is 4.79. The minimum absolute atomic E-state index is 0.0146. The number of carbonyl (C=O) groups is 1. The SMILES string of the molecule is NC(N)=NCCCOC(=O)c1cc(O)cc(O)c1. The minimum atomic E-state index is -0.633. The van der Waals surface area contributed by atoms with Crippen LogP contribution < -0.4 is 11.5 Å². The summed E-state index contributed by atoms with van der Waals surface area (Å²) in [4.78, 5) is 15.2. The van der Waals surface area contributed by atoms with E-state index in [2.05, 4.69) is 4.99 Å². The van der Waals surface area contributed by atoms with Crippen molar-refractivity contribution in [3.05, 3.63) is 23.8 Å². The van der Waals surface area contributed by atoms with E-state index in [-0.39, 0.29) is 29.6 Å². The number of benzene rings is 1. The van der Waals surface area contributed by atoms with Crippen molar-refractivity contribution in [1.29, 1.82) is 0 Å². The molecule has 0 spiro atoms. The Morgan fingerprint density at radius 3 is 2.39 bits per heavy atom. The zero-order chi connectivity index (χ0) is 13.5. The van der Waals surface area contributed by atoms with E-state index in [0.717, 1.165) is 6.07 Å². The van der Waals surface area contributed by atoms with Crippen LogP contribution >= 0.6 is 0 Å². The summed E-state index contributed by atoms with van der Waals surface area (Å²) in [5, 5.41) is 18.4. The minimum Gasteiger partial charge on any atom is -0.508 e. The van der Waals surface area contributed by atoms with Gasteiger partial charge in [-0.3, -0.25) is 4.99 Å². The summed E-state index contributed by atoms with van der Waals surface area (Å²) in [7, 11) is 0. The normalized spacial score (nSPS) is 9.78. The molecule has 1 rings (SSSR count). The molecule has 0 fully saturated rings. The highest BCUT2D eigenvalue weighted by Crippen LogP contribution is 2.20. The Balaban J connectivity index is 2.43. The summed E-state index contributed by atoms with van der Waals surface area (Å²) in [6.07, 6.45) is 0.481. The number of aliphatic imine (C=N–C) groups is 1. The number of aromatic hydroxyl groups is 2. The van der Waals surface area contributed by atoms with Gasteiger partial charge in [0, 0.05) is 19.0 Å². The smallest absolute Gasteiger partial charge is 0.338 e. The number of nitrogens with two attached hydrogens (primary N) is 2. The second-order valence-corrected chi connectivity index (χ2v) is 3.53. The van der Waals surface area contributed by atoms with Gasteiger partial charge < -0.3 is 26.4 Å². The molecule has 0 bridgehead atoms. The van der Waals surface area contributed by atoms with Crippen LogP contribution in [0.25, 0.3) is 0 Å². The maximum Gasteiger partial charge on any atom is 0.338 e. The highest BCUT2D eigenvalue weighted by atomic mass is 16.5. The van der Waals surface area contributed by atoms with Crippen molar-refractivity contribution in [2.75, 3.05) is 13.2 Å². The summed E-state index contributed by atoms with van der Waals surface area (Å²) < 4.78 is 4.91. The van der Waals surface area contributed by atoms with Crippen LogP contribution in [-0.4, -0.2) is 35.3 Å². The molecule has 7 heteroatoms. The molecule has 0 saturated heterocycles. The van der Waals surface area contributed by atoms with Crippen molar-refractivity contribution in [2.45, 2.75) is 6.42 Å². The Hall–Kier alpha value is -2.44. The van der Waals surface area contributed by atoms with Gasteiger partial charge in [-0.15, -0.1) is 0 Å². The maximum absolute atomic E-state index is 11.5. The second-order valence-electron chi connectivity index (χ2n) is 3.53. The molecule has 0 atom stereocenters. The van der Waals surface area contributed by atoms with Gasteiger partial charge in [-0.1, -0.05) is 0 Å². The molecule has 98 valence electrons. The zero-order valence-electron chi connectivity index (χ0n) is 9.67. The number of carbonyl (C=O) groups excluding carboxylic acids is 1. The van der Waals surface area contributed by atoms with Crippen molar-refractivity contribution in [1.82, 2.24) is 0 Å². The fraction of sp³-hybridized carbons (Fsp3) is 0.273. The highest BCUT2D eigenvalue weighted by Gasteiger charge is 2.09. The first-order valence-corrected chi connectivity index (χ1v) is 5.24. The lowest BCUT2D eigenvalue weighted by molar-refractivity contribution is 0.0502. The fourth-order valence-corrected chi connectivity index (χ4v) is 1.23. The van der Waals surface area contributed by atoms with Crippen molar-refractivity contribution < 1.29 is 19.7 Å². The van der Waals surface area contributed by atoms with Crippen LogP contribution in [0.5, 0.6) is 11.5 Å². The number of phenols is 2. The molecule has 0 unspecified atom stereocenters. The molecular formula is C11H15N3O4. The first kappa shape index (κ1) is 13.6. The molecule has 0 aliphatic heterocycles. The number of phenolic OH excluding ortho intramolecular Hbond substituents is 2. The Morgan fingerprint density at radius 2 is 1.83 bits per heavy atom. The Morgan fingerprint density at radius 1 is 1.22 bits per heavy atom. The molecule has 6 N–H and O–H groups in total. The average molecular weight is 253 g/mol. The number of esters is 1. The van der Waals surface area contributed by atoms with E-state index in [9.17, 15) is 15.0 Å². The molecule has 0 aliphatic carbocycles. The largest absolute Gasteiger partial charge is 0.508 e. The van der Waals surface area contributed by atoms with Gasteiger partial charge in [0.15, 0.2) is 5.96 Å². The van der Waals surface area contributed by atoms with E-state index in [1.165, 1.54) is 12.1 Å². The molecule has 0 heterocycles. The Labute approximate surface area is 104 Å². The first-order chi connectivity index (χ1) is 8.49. The van der Waals surface area contributed by atoms with E-state index in [1.54, 1.807) is 0 Å². The van der Waals surface area contributed by atoms with Crippen LogP contribution in [0.2, 0.25) is 0 Å². The van der Waals surface area contributed by atoms with Gasteiger partial charge in [-0.2, -0.15) is 0 Å². The van der Waals surface area contributed by atoms with Gasteiger partial charge in [-0.25, -0.2) is 4.79 Å². The summed E-state index contributed by atoms with van der Waals surface area (Å²) >= 11 is 0. The molecule has 1 aromatic rings. The monoisotopic (exact) mass is 253 g/mol. The summed E-state index contributed by atoms with van der Waals surface area (Å²) in [5.74, 6) is -1.06. The van der Waals surface area contributed by atoms with Gasteiger partial charge >= 0.3 is 5.97 Å². The molecule has 0 amide bonds. The van der Waals surface area contributed by atoms with E-state index in [4.69, 9.17) is 16.2 Å². The van der Waals surface area contributed by atoms with Crippen LogP contribution in [0.3, 0.4) is 0 Å². The van der Waals surface area contributed by atoms with Gasteiger partial charge in [0.1, 0.15) is 11.5 Å². The molecule has 0 aromatic heterocycles. The van der Waals surface area contributed by atoms with Crippen molar-refractivity contribution in [3.8, 4) is 11.5 Å². The molecular weight excluding hydrogens is 238 g/mol. The lowest BCUT2D eigenvalue weighted by Crippen LogP contribution is -2.23. The molecule has 7 nitrogen and oxygen atoms in total. The van der Waals surface area contributed by atoms with Gasteiger partial charge in [0.05, 0.1) is 12.2 Å². The number of rotatable bonds is 5. The summed E-state index contributed by atoms with van der Waals surface area (Å²) in [6, 6.07) is 3.53. The zero-order valence-corrected chi connectivity index (χ0v) is 9.67. The van der Waals surface area contributed by atoms with E-state index < -0.39 is 5.97 Å². The van der Waals surface area contributed by atoms with Crippen molar-refractivity contribution in [3.63, 3.8) is 0 Å². The number of hydrogen-bond acceptors (Lipinski definition) is 5. The lowest BCUT2D eigenvalue weighted by Gasteiger charge is -2.05. The Bertz CT molecular complexity index is 435. The van der Waals surface area contributed by atoms with E-state index >= 15 is 0 Å². The van der Waals surface area contributed by atoms with Gasteiger partial charge in [0.2, 0.25) is 0 Å². The average Bonchev–Trinajstić information content (AvgIpc) is 2.26. The van der Waals surface area contributed by atoms with E-state index in [0.29, 0.717) is 13.0 Å².